The Kier molecular flexibility index (Phi) is 3.81. The molecule has 0 unspecified atom stereocenters. The molecule has 6 nitrogen and oxygen atoms in total. The van der Waals surface area contributed by atoms with Gasteiger partial charge in [-0.15, -0.1) is 0 Å². The first kappa shape index (κ1) is 15.5. The second-order valence-electron chi connectivity index (χ2n) is 5.38. The molecule has 0 amide bonds. The maximum Gasteiger partial charge on any atom is 0.277 e. The number of hydrogen-bond donors (Lipinski definition) is 0. The van der Waals surface area contributed by atoms with Crippen molar-refractivity contribution in [3.8, 4) is 0 Å². The Balaban J connectivity index is 2.21. The minimum atomic E-state index is -3.49. The first-order valence-electron chi connectivity index (χ1n) is 7.25. The number of nitrogens with zero attached hydrogens (tertiary/aromatic N) is 3. The quantitative estimate of drug-likeness (QED) is 0.729. The minimum absolute atomic E-state index is 0.0652. The molecule has 3 rings (SSSR count). The van der Waals surface area contributed by atoms with Crippen LogP contribution < -0.4 is 5.56 Å². The van der Waals surface area contributed by atoms with Crippen molar-refractivity contribution in [3.63, 3.8) is 0 Å². The van der Waals surface area contributed by atoms with Crippen molar-refractivity contribution in [3.05, 3.63) is 58.5 Å². The van der Waals surface area contributed by atoms with Crippen LogP contribution in [0, 0.1) is 0 Å². The van der Waals surface area contributed by atoms with E-state index in [1.165, 1.54) is 4.57 Å². The van der Waals surface area contributed by atoms with Crippen LogP contribution in [0.15, 0.2) is 52.5 Å². The molecule has 2 heterocycles. The zero-order valence-corrected chi connectivity index (χ0v) is 13.7. The van der Waals surface area contributed by atoms with E-state index < -0.39 is 9.84 Å². The van der Waals surface area contributed by atoms with Crippen molar-refractivity contribution >= 4 is 20.9 Å². The SMILES string of the molecule is CCn1c(S(C)(=O)=O)nc2ccn(Cc3ccccc3)c(=O)c21. The van der Waals surface area contributed by atoms with Crippen LogP contribution in [0.1, 0.15) is 12.5 Å². The molecule has 120 valence electrons. The third-order valence-corrected chi connectivity index (χ3v) is 4.65. The van der Waals surface area contributed by atoms with Crippen LogP contribution in [0.2, 0.25) is 0 Å². The Hall–Kier alpha value is -2.41. The zero-order chi connectivity index (χ0) is 16.6. The van der Waals surface area contributed by atoms with E-state index in [1.54, 1.807) is 23.8 Å². The summed E-state index contributed by atoms with van der Waals surface area (Å²) >= 11 is 0. The smallest absolute Gasteiger partial charge is 0.277 e. The molecule has 0 spiro atoms. The summed E-state index contributed by atoms with van der Waals surface area (Å²) < 4.78 is 26.8. The van der Waals surface area contributed by atoms with Crippen LogP contribution >= 0.6 is 0 Å². The third-order valence-electron chi connectivity index (χ3n) is 3.68. The predicted octanol–water partition coefficient (Wildman–Crippen LogP) is 1.67. The van der Waals surface area contributed by atoms with Gasteiger partial charge in [-0.2, -0.15) is 0 Å². The first-order chi connectivity index (χ1) is 10.9. The third kappa shape index (κ3) is 2.79. The van der Waals surface area contributed by atoms with E-state index in [0.717, 1.165) is 11.8 Å². The summed E-state index contributed by atoms with van der Waals surface area (Å²) in [5, 5.41) is -0.0652. The molecule has 0 radical (unpaired) electrons. The van der Waals surface area contributed by atoms with Crippen LogP contribution in [-0.4, -0.2) is 28.8 Å². The molecule has 0 saturated carbocycles. The molecule has 0 saturated heterocycles. The highest BCUT2D eigenvalue weighted by molar-refractivity contribution is 7.90. The number of sulfone groups is 1. The highest BCUT2D eigenvalue weighted by atomic mass is 32.2. The zero-order valence-electron chi connectivity index (χ0n) is 12.9. The second-order valence-corrected chi connectivity index (χ2v) is 7.29. The maximum absolute atomic E-state index is 12.8. The Morgan fingerprint density at radius 1 is 1.13 bits per heavy atom. The number of rotatable bonds is 4. The summed E-state index contributed by atoms with van der Waals surface area (Å²) in [4.78, 5) is 16.9. The van der Waals surface area contributed by atoms with Crippen molar-refractivity contribution < 1.29 is 8.42 Å². The molecule has 0 fully saturated rings. The van der Waals surface area contributed by atoms with Gasteiger partial charge in [0.25, 0.3) is 5.56 Å². The van der Waals surface area contributed by atoms with Gasteiger partial charge in [0.1, 0.15) is 5.52 Å². The molecular formula is C16H17N3O3S. The van der Waals surface area contributed by atoms with Crippen molar-refractivity contribution in [2.45, 2.75) is 25.2 Å². The van der Waals surface area contributed by atoms with Crippen LogP contribution in [0.3, 0.4) is 0 Å². The summed E-state index contributed by atoms with van der Waals surface area (Å²) in [5.41, 5.74) is 1.49. The topological polar surface area (TPSA) is 74.0 Å². The van der Waals surface area contributed by atoms with Gasteiger partial charge in [-0.05, 0) is 18.6 Å². The number of fused-ring (bicyclic) bond motifs is 1. The van der Waals surface area contributed by atoms with Gasteiger partial charge >= 0.3 is 0 Å². The van der Waals surface area contributed by atoms with E-state index in [9.17, 15) is 13.2 Å². The van der Waals surface area contributed by atoms with Gasteiger partial charge in [0, 0.05) is 19.0 Å². The molecule has 7 heteroatoms. The number of pyridine rings is 1. The molecule has 0 bridgehead atoms. The van der Waals surface area contributed by atoms with Crippen molar-refractivity contribution in [2.24, 2.45) is 0 Å². The lowest BCUT2D eigenvalue weighted by Gasteiger charge is -2.07. The van der Waals surface area contributed by atoms with Crippen LogP contribution in [0.25, 0.3) is 11.0 Å². The Bertz CT molecular complexity index is 1020. The van der Waals surface area contributed by atoms with Gasteiger partial charge in [0.05, 0.1) is 12.1 Å². The van der Waals surface area contributed by atoms with E-state index in [-0.39, 0.29) is 10.7 Å². The van der Waals surface area contributed by atoms with Crippen LogP contribution in [-0.2, 0) is 22.9 Å². The van der Waals surface area contributed by atoms with Crippen LogP contribution in [0.4, 0.5) is 0 Å². The molecule has 0 N–H and O–H groups in total. The van der Waals surface area contributed by atoms with Gasteiger partial charge in [0.2, 0.25) is 15.0 Å². The lowest BCUT2D eigenvalue weighted by atomic mass is 10.2. The van der Waals surface area contributed by atoms with E-state index in [4.69, 9.17) is 0 Å². The summed E-state index contributed by atoms with van der Waals surface area (Å²) in [5.74, 6) is 0. The van der Waals surface area contributed by atoms with Gasteiger partial charge < -0.3 is 9.13 Å². The molecule has 0 aliphatic rings. The monoisotopic (exact) mass is 331 g/mol. The average molecular weight is 331 g/mol. The number of aryl methyl sites for hydroxylation is 1. The lowest BCUT2D eigenvalue weighted by molar-refractivity contribution is 0.577. The Morgan fingerprint density at radius 3 is 2.43 bits per heavy atom. The van der Waals surface area contributed by atoms with Gasteiger partial charge in [-0.25, -0.2) is 13.4 Å². The first-order valence-corrected chi connectivity index (χ1v) is 9.14. The number of aromatic nitrogens is 3. The highest BCUT2D eigenvalue weighted by Crippen LogP contribution is 2.16. The Labute approximate surface area is 133 Å². The molecule has 0 aliphatic carbocycles. The maximum atomic E-state index is 12.8. The molecular weight excluding hydrogens is 314 g/mol. The van der Waals surface area contributed by atoms with Crippen molar-refractivity contribution in [1.29, 1.82) is 0 Å². The molecule has 23 heavy (non-hydrogen) atoms. The fourth-order valence-electron chi connectivity index (χ4n) is 2.64. The largest absolute Gasteiger partial charge is 0.311 e. The second kappa shape index (κ2) is 5.66. The summed E-state index contributed by atoms with van der Waals surface area (Å²) in [6.45, 7) is 2.59. The number of benzene rings is 1. The predicted molar refractivity (Wildman–Crippen MR) is 88.3 cm³/mol. The lowest BCUT2D eigenvalue weighted by Crippen LogP contribution is -2.22. The summed E-state index contributed by atoms with van der Waals surface area (Å²) in [6, 6.07) is 11.3. The van der Waals surface area contributed by atoms with Gasteiger partial charge in [-0.3, -0.25) is 4.79 Å². The normalized spacial score (nSPS) is 11.9. The molecule has 0 aliphatic heterocycles. The molecule has 0 atom stereocenters. The standard InChI is InChI=1S/C16H17N3O3S/c1-3-19-14-13(17-16(19)23(2,21)22)9-10-18(15(14)20)11-12-7-5-4-6-8-12/h4-10H,3,11H2,1-2H3. The molecule has 3 aromatic rings. The summed E-state index contributed by atoms with van der Waals surface area (Å²) in [7, 11) is -3.49. The fourth-order valence-corrected chi connectivity index (χ4v) is 3.52. The van der Waals surface area contributed by atoms with E-state index >= 15 is 0 Å². The minimum Gasteiger partial charge on any atom is -0.311 e. The van der Waals surface area contributed by atoms with Gasteiger partial charge in [0.15, 0.2) is 0 Å². The number of hydrogen-bond acceptors (Lipinski definition) is 4. The Morgan fingerprint density at radius 2 is 1.83 bits per heavy atom. The van der Waals surface area contributed by atoms with Gasteiger partial charge in [-0.1, -0.05) is 30.3 Å². The average Bonchev–Trinajstić information content (AvgIpc) is 2.91. The van der Waals surface area contributed by atoms with E-state index in [1.807, 2.05) is 30.3 Å². The fraction of sp³-hybridized carbons (Fsp3) is 0.250. The molecule has 1 aromatic carbocycles. The summed E-state index contributed by atoms with van der Waals surface area (Å²) in [6.07, 6.45) is 2.75. The van der Waals surface area contributed by atoms with E-state index in [2.05, 4.69) is 4.98 Å². The van der Waals surface area contributed by atoms with Crippen LogP contribution in [0.5, 0.6) is 0 Å². The van der Waals surface area contributed by atoms with E-state index in [0.29, 0.717) is 24.1 Å². The molecule has 2 aromatic heterocycles. The number of imidazole rings is 1. The van der Waals surface area contributed by atoms with Crippen molar-refractivity contribution in [2.75, 3.05) is 6.26 Å². The highest BCUT2D eigenvalue weighted by Gasteiger charge is 2.21. The van der Waals surface area contributed by atoms with Crippen molar-refractivity contribution in [1.82, 2.24) is 14.1 Å².